The van der Waals surface area contributed by atoms with Gasteiger partial charge in [-0.3, -0.25) is 4.79 Å². The minimum absolute atomic E-state index is 0.180. The van der Waals surface area contributed by atoms with Crippen LogP contribution in [-0.4, -0.2) is 55.0 Å². The van der Waals surface area contributed by atoms with Crippen LogP contribution in [0.1, 0.15) is 22.5 Å². The number of hydrogen-bond donors (Lipinski definition) is 1. The summed E-state index contributed by atoms with van der Waals surface area (Å²) < 4.78 is 11.2. The van der Waals surface area contributed by atoms with E-state index in [1.165, 1.54) is 0 Å². The Morgan fingerprint density at radius 3 is 2.65 bits per heavy atom. The molecule has 1 aromatic heterocycles. The predicted octanol–water partition coefficient (Wildman–Crippen LogP) is 4.61. The number of amides is 3. The molecule has 0 saturated carbocycles. The first kappa shape index (κ1) is 21.2. The molecule has 0 spiro atoms. The molecule has 2 heterocycles. The van der Waals surface area contributed by atoms with Crippen LogP contribution in [0.15, 0.2) is 52.9 Å². The Labute approximate surface area is 185 Å². The molecule has 31 heavy (non-hydrogen) atoms. The molecule has 0 bridgehead atoms. The summed E-state index contributed by atoms with van der Waals surface area (Å²) in [5, 5.41) is 4.30. The normalized spacial score (nSPS) is 14.5. The molecule has 0 unspecified atom stereocenters. The number of para-hydroxylation sites is 1. The summed E-state index contributed by atoms with van der Waals surface area (Å²) in [5.74, 6) is 0.125. The van der Waals surface area contributed by atoms with Crippen LogP contribution in [0.2, 0.25) is 5.02 Å². The molecule has 1 N–H and O–H groups in total. The van der Waals surface area contributed by atoms with Gasteiger partial charge in [-0.15, -0.1) is 0 Å². The van der Waals surface area contributed by atoms with E-state index in [0.717, 1.165) is 10.9 Å². The van der Waals surface area contributed by atoms with Gasteiger partial charge in [-0.05, 0) is 30.7 Å². The van der Waals surface area contributed by atoms with E-state index in [1.807, 2.05) is 24.3 Å². The lowest BCUT2D eigenvalue weighted by atomic mass is 10.1. The summed E-state index contributed by atoms with van der Waals surface area (Å²) in [7, 11) is 1.60. The molecule has 7 nitrogen and oxygen atoms in total. The van der Waals surface area contributed by atoms with Crippen LogP contribution in [0.25, 0.3) is 11.0 Å². The van der Waals surface area contributed by atoms with Crippen molar-refractivity contribution < 1.29 is 18.7 Å². The highest BCUT2D eigenvalue weighted by Crippen LogP contribution is 2.28. The highest BCUT2D eigenvalue weighted by molar-refractivity contribution is 6.30. The van der Waals surface area contributed by atoms with Gasteiger partial charge in [0.2, 0.25) is 0 Å². The van der Waals surface area contributed by atoms with Crippen molar-refractivity contribution in [3.63, 3.8) is 0 Å². The van der Waals surface area contributed by atoms with Crippen LogP contribution in [0, 0.1) is 0 Å². The van der Waals surface area contributed by atoms with Crippen molar-refractivity contribution in [2.45, 2.75) is 13.0 Å². The monoisotopic (exact) mass is 441 g/mol. The van der Waals surface area contributed by atoms with E-state index in [-0.39, 0.29) is 11.9 Å². The van der Waals surface area contributed by atoms with E-state index < -0.39 is 0 Å². The van der Waals surface area contributed by atoms with Gasteiger partial charge in [-0.25, -0.2) is 4.79 Å². The SMILES string of the molecule is COCc1c(C(=O)N2CCCN(C(=O)Nc3cccc(Cl)c3)CC2)oc2ccccc12. The fraction of sp³-hybridized carbons (Fsp3) is 0.304. The predicted molar refractivity (Wildman–Crippen MR) is 119 cm³/mol. The van der Waals surface area contributed by atoms with Gasteiger partial charge >= 0.3 is 6.03 Å². The van der Waals surface area contributed by atoms with Crippen molar-refractivity contribution >= 4 is 40.2 Å². The van der Waals surface area contributed by atoms with Crippen LogP contribution < -0.4 is 5.32 Å². The van der Waals surface area contributed by atoms with Crippen LogP contribution in [-0.2, 0) is 11.3 Å². The van der Waals surface area contributed by atoms with Gasteiger partial charge in [0, 0.05) is 54.9 Å². The first-order valence-electron chi connectivity index (χ1n) is 10.2. The van der Waals surface area contributed by atoms with Crippen molar-refractivity contribution in [2.75, 3.05) is 38.6 Å². The second-order valence-corrected chi connectivity index (χ2v) is 7.85. The van der Waals surface area contributed by atoms with Gasteiger partial charge in [0.15, 0.2) is 5.76 Å². The summed E-state index contributed by atoms with van der Waals surface area (Å²) in [6.07, 6.45) is 0.675. The molecule has 2 aromatic carbocycles. The average Bonchev–Trinajstić information content (AvgIpc) is 2.94. The summed E-state index contributed by atoms with van der Waals surface area (Å²) >= 11 is 5.99. The van der Waals surface area contributed by atoms with E-state index in [9.17, 15) is 9.59 Å². The van der Waals surface area contributed by atoms with Gasteiger partial charge in [-0.1, -0.05) is 35.9 Å². The number of rotatable bonds is 4. The molecule has 1 aliphatic rings. The van der Waals surface area contributed by atoms with E-state index in [0.29, 0.717) is 61.3 Å². The number of nitrogens with one attached hydrogen (secondary N) is 1. The van der Waals surface area contributed by atoms with Gasteiger partial charge in [0.1, 0.15) is 5.58 Å². The van der Waals surface area contributed by atoms with Gasteiger partial charge in [-0.2, -0.15) is 0 Å². The maximum absolute atomic E-state index is 13.3. The van der Waals surface area contributed by atoms with Gasteiger partial charge < -0.3 is 24.3 Å². The molecule has 0 aliphatic carbocycles. The van der Waals surface area contributed by atoms with Crippen LogP contribution in [0.3, 0.4) is 0 Å². The second-order valence-electron chi connectivity index (χ2n) is 7.41. The first-order chi connectivity index (χ1) is 15.1. The Kier molecular flexibility index (Phi) is 6.44. The second kappa shape index (κ2) is 9.41. The Bertz CT molecular complexity index is 1100. The number of carbonyl (C=O) groups excluding carboxylic acids is 2. The van der Waals surface area contributed by atoms with Crippen molar-refractivity contribution in [3.8, 4) is 0 Å². The molecule has 3 aromatic rings. The number of benzene rings is 2. The smallest absolute Gasteiger partial charge is 0.321 e. The van der Waals surface area contributed by atoms with Crippen LogP contribution in [0.4, 0.5) is 10.5 Å². The van der Waals surface area contributed by atoms with Gasteiger partial charge in [0.25, 0.3) is 5.91 Å². The lowest BCUT2D eigenvalue weighted by Crippen LogP contribution is -2.39. The number of methoxy groups -OCH3 is 1. The van der Waals surface area contributed by atoms with Gasteiger partial charge in [0.05, 0.1) is 6.61 Å². The molecule has 3 amide bonds. The van der Waals surface area contributed by atoms with Crippen LogP contribution >= 0.6 is 11.6 Å². The molecule has 162 valence electrons. The third kappa shape index (κ3) is 4.68. The number of ether oxygens (including phenoxy) is 1. The van der Waals surface area contributed by atoms with E-state index in [1.54, 1.807) is 41.2 Å². The molecule has 1 fully saturated rings. The fourth-order valence-electron chi connectivity index (χ4n) is 3.80. The maximum Gasteiger partial charge on any atom is 0.321 e. The zero-order chi connectivity index (χ0) is 21.8. The molecule has 8 heteroatoms. The Hall–Kier alpha value is -3.03. The van der Waals surface area contributed by atoms with E-state index in [4.69, 9.17) is 20.8 Å². The highest BCUT2D eigenvalue weighted by atomic mass is 35.5. The number of halogens is 1. The molecule has 0 radical (unpaired) electrons. The highest BCUT2D eigenvalue weighted by Gasteiger charge is 2.28. The minimum Gasteiger partial charge on any atom is -0.451 e. The number of carbonyl (C=O) groups is 2. The summed E-state index contributed by atoms with van der Waals surface area (Å²) in [4.78, 5) is 29.4. The van der Waals surface area contributed by atoms with Crippen LogP contribution in [0.5, 0.6) is 0 Å². The molecule has 4 rings (SSSR count). The summed E-state index contributed by atoms with van der Waals surface area (Å²) in [5.41, 5.74) is 2.05. The fourth-order valence-corrected chi connectivity index (χ4v) is 3.99. The molecule has 1 aliphatic heterocycles. The topological polar surface area (TPSA) is 75.0 Å². The number of fused-ring (bicyclic) bond motifs is 1. The lowest BCUT2D eigenvalue weighted by molar-refractivity contribution is 0.0726. The molecule has 1 saturated heterocycles. The summed E-state index contributed by atoms with van der Waals surface area (Å²) in [6, 6.07) is 14.4. The quantitative estimate of drug-likeness (QED) is 0.641. The van der Waals surface area contributed by atoms with Crippen molar-refractivity contribution in [2.24, 2.45) is 0 Å². The Morgan fingerprint density at radius 2 is 1.84 bits per heavy atom. The zero-order valence-electron chi connectivity index (χ0n) is 17.3. The molecular formula is C23H24ClN3O4. The maximum atomic E-state index is 13.3. The number of urea groups is 1. The number of nitrogens with zero attached hydrogens (tertiary/aromatic N) is 2. The van der Waals surface area contributed by atoms with Crippen molar-refractivity contribution in [1.29, 1.82) is 0 Å². The average molecular weight is 442 g/mol. The third-order valence-electron chi connectivity index (χ3n) is 5.33. The first-order valence-corrected chi connectivity index (χ1v) is 10.5. The standard InChI is InChI=1S/C23H24ClN3O4/c1-30-15-19-18-8-2-3-9-20(18)31-21(19)22(28)26-10-5-11-27(13-12-26)23(29)25-17-7-4-6-16(24)14-17/h2-4,6-9,14H,5,10-13,15H2,1H3,(H,25,29). The van der Waals surface area contributed by atoms with Crippen molar-refractivity contribution in [3.05, 3.63) is 64.9 Å². The summed E-state index contributed by atoms with van der Waals surface area (Å²) in [6.45, 7) is 2.24. The minimum atomic E-state index is -0.208. The number of anilines is 1. The lowest BCUT2D eigenvalue weighted by Gasteiger charge is -2.22. The Morgan fingerprint density at radius 1 is 1.06 bits per heavy atom. The van der Waals surface area contributed by atoms with E-state index in [2.05, 4.69) is 5.32 Å². The largest absolute Gasteiger partial charge is 0.451 e. The Balaban J connectivity index is 1.46. The van der Waals surface area contributed by atoms with E-state index >= 15 is 0 Å². The number of furan rings is 1. The molecular weight excluding hydrogens is 418 g/mol. The third-order valence-corrected chi connectivity index (χ3v) is 5.56. The zero-order valence-corrected chi connectivity index (χ0v) is 18.0. The molecule has 0 atom stereocenters. The number of hydrogen-bond acceptors (Lipinski definition) is 4. The van der Waals surface area contributed by atoms with Crippen molar-refractivity contribution in [1.82, 2.24) is 9.80 Å².